The largest absolute Gasteiger partial charge is 0.459 e. The molecular formula is C36H64N2O10. The second-order valence-corrected chi connectivity index (χ2v) is 15.5. The summed E-state index contributed by atoms with van der Waals surface area (Å²) in [6.45, 7) is 21.4. The van der Waals surface area contributed by atoms with Crippen LogP contribution in [0.15, 0.2) is 12.2 Å². The molecule has 2 bridgehead atoms. The Balaban J connectivity index is 2.22. The van der Waals surface area contributed by atoms with E-state index in [0.717, 1.165) is 0 Å². The normalized spacial score (nSPS) is 44.6. The lowest BCUT2D eigenvalue weighted by Gasteiger charge is -2.49. The number of ether oxygens (including phenoxy) is 6. The zero-order valence-electron chi connectivity index (χ0n) is 31.4. The molecule has 4 aliphatic rings. The van der Waals surface area contributed by atoms with Crippen LogP contribution in [0.3, 0.4) is 0 Å². The Morgan fingerprint density at radius 3 is 2.38 bits per heavy atom. The van der Waals surface area contributed by atoms with Gasteiger partial charge >= 0.3 is 11.9 Å². The Kier molecular flexibility index (Phi) is 14.1. The number of likely N-dealkylation sites (N-methyl/N-ethyl adjacent to an activating group) is 2. The summed E-state index contributed by atoms with van der Waals surface area (Å²) in [5.74, 6) is -2.72. The number of hydrogen-bond acceptors (Lipinski definition) is 12. The minimum absolute atomic E-state index is 0.0450. The van der Waals surface area contributed by atoms with Crippen molar-refractivity contribution in [2.45, 2.75) is 148 Å². The SMILES string of the molecule is C=C1CO[C@@H]2[C@@H](C)N(C)C[C@H](C)C[C@@](C)(OC1)[C@H](O[C@@H]1O[C@H](C)C[C@H](N(C)C)[C@H]1OC(C)=O)[C@@H](C)[C@H](O)[C@@H](C)C(=O)O[C@H](CC)[C@@]2(C)O. The Morgan fingerprint density at radius 1 is 1.15 bits per heavy atom. The van der Waals surface area contributed by atoms with Gasteiger partial charge in [0.15, 0.2) is 12.4 Å². The van der Waals surface area contributed by atoms with Crippen molar-refractivity contribution < 1.29 is 48.2 Å². The highest BCUT2D eigenvalue weighted by molar-refractivity contribution is 5.73. The minimum Gasteiger partial charge on any atom is -0.459 e. The van der Waals surface area contributed by atoms with Gasteiger partial charge in [0.1, 0.15) is 17.8 Å². The van der Waals surface area contributed by atoms with Crippen molar-refractivity contribution >= 4 is 11.9 Å². The van der Waals surface area contributed by atoms with Gasteiger partial charge in [-0.3, -0.25) is 9.59 Å². The molecule has 12 nitrogen and oxygen atoms in total. The molecule has 278 valence electrons. The van der Waals surface area contributed by atoms with E-state index in [1.165, 1.54) is 6.92 Å². The third-order valence-corrected chi connectivity index (χ3v) is 10.8. The molecule has 0 spiro atoms. The van der Waals surface area contributed by atoms with Gasteiger partial charge in [-0.1, -0.05) is 27.4 Å². The van der Waals surface area contributed by atoms with Crippen LogP contribution in [0.4, 0.5) is 0 Å². The van der Waals surface area contributed by atoms with Crippen LogP contribution in [0.1, 0.15) is 81.6 Å². The highest BCUT2D eigenvalue weighted by Crippen LogP contribution is 2.40. The summed E-state index contributed by atoms with van der Waals surface area (Å²) < 4.78 is 38.4. The van der Waals surface area contributed by atoms with Crippen LogP contribution < -0.4 is 0 Å². The van der Waals surface area contributed by atoms with E-state index in [4.69, 9.17) is 28.4 Å². The molecule has 0 amide bonds. The van der Waals surface area contributed by atoms with Crippen molar-refractivity contribution in [3.05, 3.63) is 12.2 Å². The van der Waals surface area contributed by atoms with E-state index in [1.807, 2.05) is 60.7 Å². The summed E-state index contributed by atoms with van der Waals surface area (Å²) in [7, 11) is 5.84. The lowest BCUT2D eigenvalue weighted by Crippen LogP contribution is -2.61. The Bertz CT molecular complexity index is 1100. The Hall–Kier alpha value is -1.64. The van der Waals surface area contributed by atoms with Crippen LogP contribution in [-0.2, 0) is 38.0 Å². The van der Waals surface area contributed by atoms with Gasteiger partial charge in [-0.15, -0.1) is 0 Å². The van der Waals surface area contributed by atoms with Crippen LogP contribution in [-0.4, -0.2) is 139 Å². The third kappa shape index (κ3) is 9.37. The maximum atomic E-state index is 13.7. The van der Waals surface area contributed by atoms with E-state index in [-0.39, 0.29) is 37.3 Å². The number of aliphatic hydroxyl groups is 2. The molecule has 0 aromatic heterocycles. The number of esters is 2. The molecule has 0 aliphatic carbocycles. The molecule has 2 N–H and O–H groups in total. The molecule has 12 heteroatoms. The minimum atomic E-state index is -1.56. The summed E-state index contributed by atoms with van der Waals surface area (Å²) in [5.41, 5.74) is -1.95. The Morgan fingerprint density at radius 2 is 1.79 bits per heavy atom. The van der Waals surface area contributed by atoms with Crippen molar-refractivity contribution in [2.24, 2.45) is 17.8 Å². The predicted molar refractivity (Wildman–Crippen MR) is 181 cm³/mol. The van der Waals surface area contributed by atoms with Crippen molar-refractivity contribution in [1.82, 2.24) is 9.80 Å². The van der Waals surface area contributed by atoms with Gasteiger partial charge in [0.25, 0.3) is 0 Å². The van der Waals surface area contributed by atoms with Gasteiger partial charge in [0.05, 0.1) is 49.1 Å². The lowest BCUT2D eigenvalue weighted by molar-refractivity contribution is -0.305. The second kappa shape index (κ2) is 16.6. The summed E-state index contributed by atoms with van der Waals surface area (Å²) in [6.07, 6.45) is -4.21. The standard InChI is InChI=1S/C36H64N2O10/c1-14-28-36(10,42)32-25(7)38(13)17-20(2)16-35(9,44-19-21(3)18-43-32)31(23(5)29(40)24(6)33(41)47-28)48-34-30(46-26(8)39)27(37(11)12)15-22(4)45-34/h20,22-25,27-32,34,40,42H,3,14-19H2,1-2,4-13H3/t20-,22-,23+,24-,25-,27+,28-,29+,30-,31-,32-,34+,35-,36-/m1/s1. The summed E-state index contributed by atoms with van der Waals surface area (Å²) in [6, 6.07) is -0.458. The van der Waals surface area contributed by atoms with E-state index >= 15 is 0 Å². The van der Waals surface area contributed by atoms with Gasteiger partial charge in [-0.2, -0.15) is 0 Å². The van der Waals surface area contributed by atoms with Crippen LogP contribution in [0, 0.1) is 17.8 Å². The maximum absolute atomic E-state index is 13.7. The molecule has 48 heavy (non-hydrogen) atoms. The first-order chi connectivity index (χ1) is 22.2. The highest BCUT2D eigenvalue weighted by Gasteiger charge is 2.52. The van der Waals surface area contributed by atoms with Gasteiger partial charge in [0.2, 0.25) is 0 Å². The molecule has 4 heterocycles. The van der Waals surface area contributed by atoms with Crippen molar-refractivity contribution in [3.63, 3.8) is 0 Å². The highest BCUT2D eigenvalue weighted by atomic mass is 16.7. The van der Waals surface area contributed by atoms with Gasteiger partial charge in [-0.25, -0.2) is 0 Å². The molecule has 4 fully saturated rings. The number of carbonyl (C=O) groups is 2. The molecule has 0 saturated carbocycles. The molecule has 0 aromatic carbocycles. The maximum Gasteiger partial charge on any atom is 0.311 e. The molecule has 4 rings (SSSR count). The first-order valence-corrected chi connectivity index (χ1v) is 17.6. The third-order valence-electron chi connectivity index (χ3n) is 10.8. The van der Waals surface area contributed by atoms with Crippen LogP contribution in [0.2, 0.25) is 0 Å². The first-order valence-electron chi connectivity index (χ1n) is 17.6. The lowest BCUT2D eigenvalue weighted by atomic mass is 9.77. The van der Waals surface area contributed by atoms with E-state index < -0.39 is 71.8 Å². The van der Waals surface area contributed by atoms with Crippen molar-refractivity contribution in [1.29, 1.82) is 0 Å². The van der Waals surface area contributed by atoms with E-state index in [1.54, 1.807) is 13.8 Å². The first kappa shape index (κ1) is 40.8. The number of hydrogen-bond donors (Lipinski definition) is 2. The molecular weight excluding hydrogens is 620 g/mol. The van der Waals surface area contributed by atoms with Gasteiger partial charge < -0.3 is 48.4 Å². The quantitative estimate of drug-likeness (QED) is 0.325. The van der Waals surface area contributed by atoms with Crippen molar-refractivity contribution in [2.75, 3.05) is 40.9 Å². The fourth-order valence-electron chi connectivity index (χ4n) is 7.96. The molecule has 0 aromatic rings. The fourth-order valence-corrected chi connectivity index (χ4v) is 7.96. The number of aliphatic hydroxyl groups excluding tert-OH is 1. The summed E-state index contributed by atoms with van der Waals surface area (Å²) in [5, 5.41) is 24.0. The van der Waals surface area contributed by atoms with Gasteiger partial charge in [0, 0.05) is 25.4 Å². The summed E-state index contributed by atoms with van der Waals surface area (Å²) in [4.78, 5) is 30.2. The zero-order chi connectivity index (χ0) is 36.3. The van der Waals surface area contributed by atoms with Crippen LogP contribution in [0.25, 0.3) is 0 Å². The van der Waals surface area contributed by atoms with E-state index in [9.17, 15) is 19.8 Å². The smallest absolute Gasteiger partial charge is 0.311 e. The summed E-state index contributed by atoms with van der Waals surface area (Å²) >= 11 is 0. The van der Waals surface area contributed by atoms with Crippen molar-refractivity contribution in [3.8, 4) is 0 Å². The van der Waals surface area contributed by atoms with Gasteiger partial charge in [-0.05, 0) is 86.5 Å². The monoisotopic (exact) mass is 684 g/mol. The Labute approximate surface area is 288 Å². The number of rotatable bonds is 5. The number of carbonyl (C=O) groups excluding carboxylic acids is 2. The average molecular weight is 685 g/mol. The predicted octanol–water partition coefficient (Wildman–Crippen LogP) is 3.16. The van der Waals surface area contributed by atoms with E-state index in [2.05, 4.69) is 18.4 Å². The topological polar surface area (TPSA) is 136 Å². The fraction of sp³-hybridized carbons (Fsp3) is 0.889. The number of fused-ring (bicyclic) bond motifs is 15. The van der Waals surface area contributed by atoms with E-state index in [0.29, 0.717) is 31.4 Å². The zero-order valence-corrected chi connectivity index (χ0v) is 31.4. The van der Waals surface area contributed by atoms with Crippen LogP contribution >= 0.6 is 0 Å². The number of nitrogens with zero attached hydrogens (tertiary/aromatic N) is 2. The van der Waals surface area contributed by atoms with Crippen LogP contribution in [0.5, 0.6) is 0 Å². The molecule has 4 saturated heterocycles. The average Bonchev–Trinajstić information content (AvgIpc) is 2.99. The second-order valence-electron chi connectivity index (χ2n) is 15.5. The molecule has 0 radical (unpaired) electrons. The molecule has 0 unspecified atom stereocenters. The molecule has 4 aliphatic heterocycles. The molecule has 14 atom stereocenters.